The molecule has 0 aliphatic heterocycles. The fraction of sp³-hybridized carbons (Fsp3) is 0.520. The van der Waals surface area contributed by atoms with Crippen LogP contribution in [0.25, 0.3) is 0 Å². The topological polar surface area (TPSA) is 135 Å². The highest BCUT2D eigenvalue weighted by Crippen LogP contribution is 2.41. The van der Waals surface area contributed by atoms with Crippen molar-refractivity contribution < 1.29 is 29.6 Å². The van der Waals surface area contributed by atoms with Crippen LogP contribution in [0.5, 0.6) is 5.75 Å². The molecule has 0 amide bonds. The predicted molar refractivity (Wildman–Crippen MR) is 126 cm³/mol. The molecule has 1 aromatic carbocycles. The number of aromatic nitrogens is 1. The minimum Gasteiger partial charge on any atom is -0.491 e. The van der Waals surface area contributed by atoms with Gasteiger partial charge in [0.05, 0.1) is 12.3 Å². The number of carboxylic acids is 1. The van der Waals surface area contributed by atoms with Gasteiger partial charge in [0.1, 0.15) is 24.5 Å². The van der Waals surface area contributed by atoms with Crippen LogP contribution in [-0.4, -0.2) is 57.0 Å². The van der Waals surface area contributed by atoms with E-state index in [1.165, 1.54) is 0 Å². The Morgan fingerprint density at radius 3 is 2.33 bits per heavy atom. The summed E-state index contributed by atoms with van der Waals surface area (Å²) in [6.45, 7) is 8.29. The number of nitrogens with two attached hydrogens (primary N) is 1. The van der Waals surface area contributed by atoms with E-state index in [2.05, 4.69) is 19.9 Å². The van der Waals surface area contributed by atoms with Crippen molar-refractivity contribution in [2.45, 2.75) is 71.1 Å². The lowest BCUT2D eigenvalue weighted by Gasteiger charge is -2.32. The molecule has 33 heavy (non-hydrogen) atoms. The number of carbonyl (C=O) groups excluding carboxylic acids is 1. The van der Waals surface area contributed by atoms with Crippen molar-refractivity contribution in [1.82, 2.24) is 4.57 Å². The van der Waals surface area contributed by atoms with Crippen molar-refractivity contribution in [3.05, 3.63) is 52.8 Å². The molecular formula is C25H36N2O6. The predicted octanol–water partition coefficient (Wildman–Crippen LogP) is 2.64. The lowest BCUT2D eigenvalue weighted by molar-refractivity contribution is -0.138. The van der Waals surface area contributed by atoms with Gasteiger partial charge < -0.3 is 30.4 Å². The van der Waals surface area contributed by atoms with E-state index in [9.17, 15) is 14.7 Å². The van der Waals surface area contributed by atoms with Crippen molar-refractivity contribution in [3.8, 4) is 5.75 Å². The Bertz CT molecular complexity index is 964. The van der Waals surface area contributed by atoms with Crippen LogP contribution < -0.4 is 10.5 Å². The molecule has 8 heteroatoms. The third kappa shape index (κ3) is 5.82. The summed E-state index contributed by atoms with van der Waals surface area (Å²) in [6, 6.07) is 6.54. The Hall–Kier alpha value is -2.68. The molecule has 0 radical (unpaired) electrons. The van der Waals surface area contributed by atoms with Gasteiger partial charge in [-0.25, -0.2) is 0 Å². The average Bonchev–Trinajstić information content (AvgIpc) is 3.24. The zero-order valence-corrected chi connectivity index (χ0v) is 19.9. The molecule has 2 atom stereocenters. The molecule has 0 spiro atoms. The van der Waals surface area contributed by atoms with Crippen molar-refractivity contribution in [2.24, 2.45) is 5.73 Å². The van der Waals surface area contributed by atoms with E-state index in [0.29, 0.717) is 18.0 Å². The lowest BCUT2D eigenvalue weighted by atomic mass is 9.71. The highest BCUT2D eigenvalue weighted by Gasteiger charge is 2.34. The van der Waals surface area contributed by atoms with E-state index >= 15 is 0 Å². The van der Waals surface area contributed by atoms with Crippen LogP contribution in [0.1, 0.15) is 67.2 Å². The van der Waals surface area contributed by atoms with Gasteiger partial charge >= 0.3 is 5.97 Å². The van der Waals surface area contributed by atoms with E-state index in [0.717, 1.165) is 29.5 Å². The molecule has 5 N–H and O–H groups in total. The number of rotatable bonds is 13. The minimum absolute atomic E-state index is 0.00663. The normalized spacial score (nSPS) is 13.5. The average molecular weight is 461 g/mol. The number of ether oxygens (including phenoxy) is 1. The molecule has 1 heterocycles. The smallest absolute Gasteiger partial charge is 0.320 e. The standard InChI is InChI=1S/C25H36N2O6/c1-5-25(6-2,17-8-9-23(16(4)10-17)33-15-19(29)14-28)18-11-21(27(7-3)13-18)22(30)12-20(26)24(31)32/h8-11,13,19-20,28-29H,5-7,12,14-15,26H2,1-4H3,(H,31,32)/t19?,20-/m1/s1. The molecule has 0 saturated heterocycles. The number of nitrogens with zero attached hydrogens (tertiary/aromatic N) is 1. The van der Waals surface area contributed by atoms with Crippen LogP contribution in [0.3, 0.4) is 0 Å². The molecule has 2 aromatic rings. The summed E-state index contributed by atoms with van der Waals surface area (Å²) < 4.78 is 7.49. The first-order valence-corrected chi connectivity index (χ1v) is 11.4. The lowest BCUT2D eigenvalue weighted by Crippen LogP contribution is -2.33. The van der Waals surface area contributed by atoms with E-state index < -0.39 is 18.1 Å². The van der Waals surface area contributed by atoms with Gasteiger partial charge in [-0.2, -0.15) is 0 Å². The number of ketones is 1. The quantitative estimate of drug-likeness (QED) is 0.338. The summed E-state index contributed by atoms with van der Waals surface area (Å²) in [6.07, 6.45) is 2.37. The van der Waals surface area contributed by atoms with Crippen LogP contribution in [0.2, 0.25) is 0 Å². The van der Waals surface area contributed by atoms with Gasteiger partial charge in [0.2, 0.25) is 0 Å². The zero-order valence-electron chi connectivity index (χ0n) is 19.9. The van der Waals surface area contributed by atoms with Crippen molar-refractivity contribution in [1.29, 1.82) is 0 Å². The fourth-order valence-corrected chi connectivity index (χ4v) is 4.24. The van der Waals surface area contributed by atoms with Crippen molar-refractivity contribution >= 4 is 11.8 Å². The SMILES string of the molecule is CCn1cc(C(CC)(CC)c2ccc(OCC(O)CO)c(C)c2)cc1C(=O)C[C@@H](N)C(=O)O. The Balaban J connectivity index is 2.44. The summed E-state index contributed by atoms with van der Waals surface area (Å²) in [4.78, 5) is 23.9. The van der Waals surface area contributed by atoms with Crippen LogP contribution in [0, 0.1) is 6.92 Å². The van der Waals surface area contributed by atoms with E-state index in [-0.39, 0.29) is 30.8 Å². The number of hydrogen-bond donors (Lipinski definition) is 4. The second kappa shape index (κ2) is 11.4. The Labute approximate surface area is 195 Å². The maximum atomic E-state index is 12.8. The third-order valence-corrected chi connectivity index (χ3v) is 6.37. The molecule has 0 bridgehead atoms. The van der Waals surface area contributed by atoms with Gasteiger partial charge in [-0.05, 0) is 55.5 Å². The van der Waals surface area contributed by atoms with E-state index in [1.807, 2.05) is 42.8 Å². The first-order chi connectivity index (χ1) is 15.6. The Kier molecular flexibility index (Phi) is 9.22. The zero-order chi connectivity index (χ0) is 24.8. The Morgan fingerprint density at radius 1 is 1.15 bits per heavy atom. The Morgan fingerprint density at radius 2 is 1.82 bits per heavy atom. The molecule has 0 aliphatic rings. The number of hydrogen-bond acceptors (Lipinski definition) is 6. The highest BCUT2D eigenvalue weighted by molar-refractivity contribution is 5.97. The van der Waals surface area contributed by atoms with Crippen LogP contribution in [0.15, 0.2) is 30.5 Å². The highest BCUT2D eigenvalue weighted by atomic mass is 16.5. The maximum absolute atomic E-state index is 12.8. The molecule has 0 fully saturated rings. The number of aliphatic hydroxyl groups excluding tert-OH is 2. The fourth-order valence-electron chi connectivity index (χ4n) is 4.24. The molecule has 2 rings (SSSR count). The number of aliphatic hydroxyl groups is 2. The number of aliphatic carboxylic acids is 1. The van der Waals surface area contributed by atoms with E-state index in [4.69, 9.17) is 20.7 Å². The molecule has 182 valence electrons. The van der Waals surface area contributed by atoms with Gasteiger partial charge in [0.25, 0.3) is 0 Å². The van der Waals surface area contributed by atoms with Gasteiger partial charge in [-0.1, -0.05) is 26.0 Å². The van der Waals surface area contributed by atoms with Crippen LogP contribution in [0.4, 0.5) is 0 Å². The van der Waals surface area contributed by atoms with Gasteiger partial charge in [-0.3, -0.25) is 9.59 Å². The number of carboxylic acid groups (broad SMARTS) is 1. The largest absolute Gasteiger partial charge is 0.491 e. The molecule has 0 aliphatic carbocycles. The van der Waals surface area contributed by atoms with Crippen LogP contribution in [-0.2, 0) is 16.8 Å². The first kappa shape index (κ1) is 26.6. The monoisotopic (exact) mass is 460 g/mol. The molecule has 8 nitrogen and oxygen atoms in total. The summed E-state index contributed by atoms with van der Waals surface area (Å²) in [7, 11) is 0. The summed E-state index contributed by atoms with van der Waals surface area (Å²) in [5, 5.41) is 27.6. The van der Waals surface area contributed by atoms with Gasteiger partial charge in [0, 0.05) is 24.6 Å². The van der Waals surface area contributed by atoms with Gasteiger partial charge in [-0.15, -0.1) is 0 Å². The second-order valence-electron chi connectivity index (χ2n) is 8.39. The minimum atomic E-state index is -1.23. The molecule has 0 saturated carbocycles. The number of Topliss-reactive ketones (excluding diaryl/α,β-unsaturated/α-hetero) is 1. The van der Waals surface area contributed by atoms with Crippen LogP contribution >= 0.6 is 0 Å². The summed E-state index contributed by atoms with van der Waals surface area (Å²) in [5.74, 6) is -0.850. The number of carbonyl (C=O) groups is 2. The van der Waals surface area contributed by atoms with Crippen molar-refractivity contribution in [2.75, 3.05) is 13.2 Å². The number of benzene rings is 1. The first-order valence-electron chi connectivity index (χ1n) is 11.4. The summed E-state index contributed by atoms with van der Waals surface area (Å²) >= 11 is 0. The molecular weight excluding hydrogens is 424 g/mol. The second-order valence-corrected chi connectivity index (χ2v) is 8.39. The van der Waals surface area contributed by atoms with E-state index in [1.54, 1.807) is 0 Å². The summed E-state index contributed by atoms with van der Waals surface area (Å²) in [5.41, 5.74) is 8.68. The van der Waals surface area contributed by atoms with Crippen molar-refractivity contribution in [3.63, 3.8) is 0 Å². The third-order valence-electron chi connectivity index (χ3n) is 6.37. The number of aryl methyl sites for hydroxylation is 2. The van der Waals surface area contributed by atoms with Gasteiger partial charge in [0.15, 0.2) is 5.78 Å². The molecule has 1 unspecified atom stereocenters. The maximum Gasteiger partial charge on any atom is 0.320 e. The molecule has 1 aromatic heterocycles.